The van der Waals surface area contributed by atoms with E-state index in [2.05, 4.69) is 19.9 Å². The molecule has 0 bridgehead atoms. The summed E-state index contributed by atoms with van der Waals surface area (Å²) in [6, 6.07) is 7.53. The van der Waals surface area contributed by atoms with E-state index in [1.807, 2.05) is 31.2 Å². The Hall–Kier alpha value is -2.85. The van der Waals surface area contributed by atoms with E-state index in [1.54, 1.807) is 13.8 Å². The Balaban J connectivity index is 1.79. The van der Waals surface area contributed by atoms with Crippen molar-refractivity contribution >= 4 is 39.7 Å². The molecule has 0 atom stereocenters. The molecule has 2 aromatic heterocycles. The minimum Gasteiger partial charge on any atom is -0.494 e. The minimum atomic E-state index is -0.623. The molecule has 10 heteroatoms. The lowest BCUT2D eigenvalue weighted by molar-refractivity contribution is 0.0520. The normalized spacial score (nSPS) is 10.5. The third-order valence-corrected chi connectivity index (χ3v) is 5.45. The van der Waals surface area contributed by atoms with E-state index in [1.165, 1.54) is 11.3 Å². The van der Waals surface area contributed by atoms with Crippen molar-refractivity contribution in [2.24, 2.45) is 0 Å². The number of nitrogens with one attached hydrogen (secondary N) is 1. The number of aryl methyl sites for hydroxylation is 1. The third-order valence-electron chi connectivity index (χ3n) is 3.60. The number of benzene rings is 1. The zero-order chi connectivity index (χ0) is 20.1. The zero-order valence-electron chi connectivity index (χ0n) is 15.5. The number of amides is 1. The van der Waals surface area contributed by atoms with Crippen LogP contribution in [0.1, 0.15) is 39.7 Å². The fourth-order valence-electron chi connectivity index (χ4n) is 2.36. The second kappa shape index (κ2) is 8.89. The van der Waals surface area contributed by atoms with Gasteiger partial charge in [-0.05, 0) is 45.0 Å². The van der Waals surface area contributed by atoms with Crippen LogP contribution in [0.25, 0.3) is 10.6 Å². The standard InChI is InChI=1S/C18H18N4O4S2/c1-4-25-12-8-6-11(7-9-12)16-19-10(3)14(27-16)15(23)20-17-13(21-22-28-17)18(24)26-5-2/h6-9H,4-5H2,1-3H3,(H,20,23). The molecule has 3 aromatic rings. The Morgan fingerprint density at radius 1 is 1.14 bits per heavy atom. The van der Waals surface area contributed by atoms with Crippen LogP contribution in [0.15, 0.2) is 24.3 Å². The van der Waals surface area contributed by atoms with Crippen LogP contribution in [-0.2, 0) is 4.74 Å². The number of nitrogens with zero attached hydrogens (tertiary/aromatic N) is 3. The number of hydrogen-bond donors (Lipinski definition) is 1. The first-order chi connectivity index (χ1) is 13.5. The first-order valence-corrected chi connectivity index (χ1v) is 10.1. The van der Waals surface area contributed by atoms with Crippen LogP contribution in [0, 0.1) is 6.92 Å². The number of thiazole rings is 1. The monoisotopic (exact) mass is 418 g/mol. The largest absolute Gasteiger partial charge is 0.494 e. The number of carbonyl (C=O) groups excluding carboxylic acids is 2. The van der Waals surface area contributed by atoms with Crippen LogP contribution >= 0.6 is 22.9 Å². The molecule has 0 aliphatic heterocycles. The summed E-state index contributed by atoms with van der Waals surface area (Å²) in [5.74, 6) is -0.215. The molecule has 2 heterocycles. The van der Waals surface area contributed by atoms with Crippen LogP contribution in [0.4, 0.5) is 5.00 Å². The summed E-state index contributed by atoms with van der Waals surface area (Å²) < 4.78 is 14.1. The van der Waals surface area contributed by atoms with Crippen LogP contribution in [0.3, 0.4) is 0 Å². The van der Waals surface area contributed by atoms with Gasteiger partial charge in [0.2, 0.25) is 5.69 Å². The zero-order valence-corrected chi connectivity index (χ0v) is 17.1. The fraction of sp³-hybridized carbons (Fsp3) is 0.278. The van der Waals surface area contributed by atoms with E-state index in [-0.39, 0.29) is 23.2 Å². The highest BCUT2D eigenvalue weighted by Crippen LogP contribution is 2.30. The molecule has 0 spiro atoms. The van der Waals surface area contributed by atoms with Gasteiger partial charge in [-0.2, -0.15) is 0 Å². The minimum absolute atomic E-state index is 0.00546. The van der Waals surface area contributed by atoms with Crippen LogP contribution in [0.5, 0.6) is 5.75 Å². The molecular formula is C18H18N4O4S2. The van der Waals surface area contributed by atoms with Gasteiger partial charge in [-0.15, -0.1) is 16.4 Å². The highest BCUT2D eigenvalue weighted by molar-refractivity contribution is 7.17. The summed E-state index contributed by atoms with van der Waals surface area (Å²) >= 11 is 2.19. The smallest absolute Gasteiger partial charge is 0.362 e. The maximum Gasteiger partial charge on any atom is 0.362 e. The van der Waals surface area contributed by atoms with Gasteiger partial charge in [0.15, 0.2) is 5.00 Å². The maximum atomic E-state index is 12.7. The Bertz CT molecular complexity index is 982. The molecule has 0 radical (unpaired) electrons. The van der Waals surface area contributed by atoms with Crippen molar-refractivity contribution in [1.82, 2.24) is 14.6 Å². The Kier molecular flexibility index (Phi) is 6.32. The van der Waals surface area contributed by atoms with Crippen molar-refractivity contribution in [1.29, 1.82) is 0 Å². The molecule has 0 unspecified atom stereocenters. The molecule has 0 aliphatic carbocycles. The molecule has 0 fully saturated rings. The van der Waals surface area contributed by atoms with Gasteiger partial charge in [0.25, 0.3) is 5.91 Å². The van der Waals surface area contributed by atoms with Crippen molar-refractivity contribution in [2.75, 3.05) is 18.5 Å². The van der Waals surface area contributed by atoms with E-state index in [0.717, 1.165) is 27.9 Å². The van der Waals surface area contributed by atoms with Crippen molar-refractivity contribution in [3.63, 3.8) is 0 Å². The molecule has 28 heavy (non-hydrogen) atoms. The average Bonchev–Trinajstić information content (AvgIpc) is 3.29. The van der Waals surface area contributed by atoms with Gasteiger partial charge < -0.3 is 14.8 Å². The number of rotatable bonds is 7. The number of ether oxygens (including phenoxy) is 2. The highest BCUT2D eigenvalue weighted by atomic mass is 32.1. The van der Waals surface area contributed by atoms with Crippen molar-refractivity contribution in [3.8, 4) is 16.3 Å². The van der Waals surface area contributed by atoms with E-state index in [9.17, 15) is 9.59 Å². The number of esters is 1. The molecule has 146 valence electrons. The molecule has 1 aromatic carbocycles. The number of hydrogen-bond acceptors (Lipinski definition) is 9. The van der Waals surface area contributed by atoms with E-state index in [4.69, 9.17) is 9.47 Å². The first kappa shape index (κ1) is 19.9. The Morgan fingerprint density at radius 2 is 1.89 bits per heavy atom. The second-order valence-corrected chi connectivity index (χ2v) is 7.27. The van der Waals surface area contributed by atoms with E-state index in [0.29, 0.717) is 17.2 Å². The Labute approximate surface area is 169 Å². The van der Waals surface area contributed by atoms with Crippen molar-refractivity contribution in [3.05, 3.63) is 40.5 Å². The average molecular weight is 419 g/mol. The van der Waals surface area contributed by atoms with Gasteiger partial charge in [-0.1, -0.05) is 4.49 Å². The summed E-state index contributed by atoms with van der Waals surface area (Å²) in [4.78, 5) is 29.5. The molecule has 0 aliphatic rings. The molecule has 1 amide bonds. The number of carbonyl (C=O) groups is 2. The lowest BCUT2D eigenvalue weighted by Gasteiger charge is -2.03. The third kappa shape index (κ3) is 4.34. The van der Waals surface area contributed by atoms with Gasteiger partial charge in [0.1, 0.15) is 15.6 Å². The first-order valence-electron chi connectivity index (χ1n) is 8.55. The van der Waals surface area contributed by atoms with Crippen LogP contribution in [-0.4, -0.2) is 39.7 Å². The van der Waals surface area contributed by atoms with Crippen molar-refractivity contribution < 1.29 is 19.1 Å². The lowest BCUT2D eigenvalue weighted by Crippen LogP contribution is -2.14. The fourth-order valence-corrected chi connectivity index (χ4v) is 3.88. The summed E-state index contributed by atoms with van der Waals surface area (Å²) in [7, 11) is 0. The molecule has 3 rings (SSSR count). The Morgan fingerprint density at radius 3 is 2.57 bits per heavy atom. The molecule has 8 nitrogen and oxygen atoms in total. The summed E-state index contributed by atoms with van der Waals surface area (Å²) in [6.45, 7) is 6.19. The van der Waals surface area contributed by atoms with Gasteiger partial charge >= 0.3 is 5.97 Å². The van der Waals surface area contributed by atoms with Gasteiger partial charge in [0.05, 0.1) is 18.9 Å². The van der Waals surface area contributed by atoms with Gasteiger partial charge in [-0.25, -0.2) is 9.78 Å². The van der Waals surface area contributed by atoms with E-state index >= 15 is 0 Å². The lowest BCUT2D eigenvalue weighted by atomic mass is 10.2. The second-order valence-electron chi connectivity index (χ2n) is 5.52. The van der Waals surface area contributed by atoms with Gasteiger partial charge in [-0.3, -0.25) is 4.79 Å². The summed E-state index contributed by atoms with van der Waals surface area (Å²) in [6.07, 6.45) is 0. The summed E-state index contributed by atoms with van der Waals surface area (Å²) in [5.41, 5.74) is 1.48. The molecular weight excluding hydrogens is 400 g/mol. The topological polar surface area (TPSA) is 103 Å². The van der Waals surface area contributed by atoms with Crippen molar-refractivity contribution in [2.45, 2.75) is 20.8 Å². The SMILES string of the molecule is CCOC(=O)c1nnsc1NC(=O)c1sc(-c2ccc(OCC)cc2)nc1C. The quantitative estimate of drug-likeness (QED) is 0.582. The number of aromatic nitrogens is 3. The van der Waals surface area contributed by atoms with E-state index < -0.39 is 5.97 Å². The summed E-state index contributed by atoms with van der Waals surface area (Å²) in [5, 5.41) is 7.39. The van der Waals surface area contributed by atoms with Crippen LogP contribution < -0.4 is 10.1 Å². The molecule has 0 saturated carbocycles. The predicted molar refractivity (Wildman–Crippen MR) is 107 cm³/mol. The molecule has 0 saturated heterocycles. The van der Waals surface area contributed by atoms with Crippen LogP contribution in [0.2, 0.25) is 0 Å². The predicted octanol–water partition coefficient (Wildman–Crippen LogP) is 3.80. The maximum absolute atomic E-state index is 12.7. The molecule has 1 N–H and O–H groups in total. The highest BCUT2D eigenvalue weighted by Gasteiger charge is 2.22. The van der Waals surface area contributed by atoms with Gasteiger partial charge in [0, 0.05) is 17.1 Å². The number of anilines is 1.